The first-order valence-electron chi connectivity index (χ1n) is 6.31. The number of halogens is 1. The smallest absolute Gasteiger partial charge is 0.339 e. The van der Waals surface area contributed by atoms with Crippen molar-refractivity contribution in [1.29, 1.82) is 0 Å². The lowest BCUT2D eigenvalue weighted by molar-refractivity contribution is 0.0697. The van der Waals surface area contributed by atoms with Gasteiger partial charge in [-0.3, -0.25) is 0 Å². The zero-order valence-corrected chi connectivity index (χ0v) is 11.8. The zero-order valence-electron chi connectivity index (χ0n) is 11.1. The highest BCUT2D eigenvalue weighted by molar-refractivity contribution is 6.29. The molecule has 1 heterocycles. The Morgan fingerprint density at radius 3 is 2.58 bits per heavy atom. The van der Waals surface area contributed by atoms with Crippen molar-refractivity contribution < 1.29 is 15.0 Å². The number of carbonyl (C=O) groups is 1. The third-order valence-corrected chi connectivity index (χ3v) is 3.37. The van der Waals surface area contributed by atoms with E-state index in [9.17, 15) is 9.90 Å². The van der Waals surface area contributed by atoms with Gasteiger partial charge in [0.05, 0.1) is 6.10 Å². The number of hydrogen-bond acceptors (Lipinski definition) is 4. The summed E-state index contributed by atoms with van der Waals surface area (Å²) in [6.07, 6.45) is 1.19. The summed E-state index contributed by atoms with van der Waals surface area (Å²) in [4.78, 5) is 15.0. The Morgan fingerprint density at radius 2 is 2.05 bits per heavy atom. The van der Waals surface area contributed by atoms with Crippen LogP contribution >= 0.6 is 11.6 Å². The highest BCUT2D eigenvalue weighted by atomic mass is 35.5. The van der Waals surface area contributed by atoms with E-state index in [4.69, 9.17) is 16.7 Å². The van der Waals surface area contributed by atoms with Crippen LogP contribution in [0.15, 0.2) is 12.1 Å². The molecule has 0 fully saturated rings. The summed E-state index contributed by atoms with van der Waals surface area (Å²) in [7, 11) is 0. The van der Waals surface area contributed by atoms with Crippen LogP contribution in [-0.4, -0.2) is 33.8 Å². The second kappa shape index (κ2) is 7.31. The standard InChI is InChI=1S/C13H19ClN2O3/c1-3-8(4-2)10(17)7-15-12-9(13(18)19)5-6-11(14)16-12/h5-6,8,10,17H,3-4,7H2,1-2H3,(H,15,16)(H,18,19). The number of carboxylic acid groups (broad SMARTS) is 1. The van der Waals surface area contributed by atoms with Crippen LogP contribution in [0.3, 0.4) is 0 Å². The minimum Gasteiger partial charge on any atom is -0.478 e. The maximum Gasteiger partial charge on any atom is 0.339 e. The normalized spacial score (nSPS) is 12.5. The number of nitrogens with one attached hydrogen (secondary N) is 1. The molecule has 106 valence electrons. The summed E-state index contributed by atoms with van der Waals surface area (Å²) in [5.74, 6) is -0.714. The van der Waals surface area contributed by atoms with E-state index in [-0.39, 0.29) is 29.0 Å². The van der Waals surface area contributed by atoms with Crippen LogP contribution in [0.25, 0.3) is 0 Å². The van der Waals surface area contributed by atoms with Gasteiger partial charge in [0.1, 0.15) is 16.5 Å². The maximum atomic E-state index is 11.0. The van der Waals surface area contributed by atoms with Crippen molar-refractivity contribution in [3.8, 4) is 0 Å². The number of aromatic nitrogens is 1. The fourth-order valence-electron chi connectivity index (χ4n) is 1.94. The molecule has 1 aromatic rings. The van der Waals surface area contributed by atoms with Crippen LogP contribution in [0.4, 0.5) is 5.82 Å². The Kier molecular flexibility index (Phi) is 6.05. The highest BCUT2D eigenvalue weighted by Gasteiger charge is 2.17. The van der Waals surface area contributed by atoms with Crippen LogP contribution < -0.4 is 5.32 Å². The Balaban J connectivity index is 2.76. The fourth-order valence-corrected chi connectivity index (χ4v) is 2.09. The molecule has 0 bridgehead atoms. The van der Waals surface area contributed by atoms with Crippen LogP contribution in [0.2, 0.25) is 5.15 Å². The van der Waals surface area contributed by atoms with E-state index in [1.165, 1.54) is 12.1 Å². The minimum atomic E-state index is -1.08. The average molecular weight is 287 g/mol. The van der Waals surface area contributed by atoms with Gasteiger partial charge in [-0.1, -0.05) is 38.3 Å². The van der Waals surface area contributed by atoms with E-state index >= 15 is 0 Å². The number of pyridine rings is 1. The quantitative estimate of drug-likeness (QED) is 0.671. The lowest BCUT2D eigenvalue weighted by atomic mass is 9.96. The van der Waals surface area contributed by atoms with Gasteiger partial charge in [-0.05, 0) is 18.1 Å². The van der Waals surface area contributed by atoms with Gasteiger partial charge in [0, 0.05) is 6.54 Å². The lowest BCUT2D eigenvalue weighted by Crippen LogP contribution is -2.28. The lowest BCUT2D eigenvalue weighted by Gasteiger charge is -2.21. The van der Waals surface area contributed by atoms with Crippen molar-refractivity contribution in [3.05, 3.63) is 22.8 Å². The summed E-state index contributed by atoms with van der Waals surface area (Å²) in [6, 6.07) is 2.82. The van der Waals surface area contributed by atoms with Crippen LogP contribution in [0.5, 0.6) is 0 Å². The Hall–Kier alpha value is -1.33. The molecular formula is C13H19ClN2O3. The number of aromatic carboxylic acids is 1. The largest absolute Gasteiger partial charge is 0.478 e. The molecule has 0 aliphatic rings. The number of rotatable bonds is 7. The molecule has 0 aromatic carbocycles. The van der Waals surface area contributed by atoms with E-state index in [2.05, 4.69) is 10.3 Å². The van der Waals surface area contributed by atoms with Gasteiger partial charge in [-0.2, -0.15) is 0 Å². The molecule has 0 saturated heterocycles. The van der Waals surface area contributed by atoms with Crippen LogP contribution in [0.1, 0.15) is 37.0 Å². The monoisotopic (exact) mass is 286 g/mol. The van der Waals surface area contributed by atoms with Gasteiger partial charge in [0.15, 0.2) is 0 Å². The van der Waals surface area contributed by atoms with E-state index in [1.807, 2.05) is 13.8 Å². The van der Waals surface area contributed by atoms with Crippen molar-refractivity contribution in [1.82, 2.24) is 4.98 Å². The molecular weight excluding hydrogens is 268 g/mol. The SMILES string of the molecule is CCC(CC)C(O)CNc1nc(Cl)ccc1C(=O)O. The zero-order chi connectivity index (χ0) is 14.4. The van der Waals surface area contributed by atoms with Crippen molar-refractivity contribution in [2.24, 2.45) is 5.92 Å². The van der Waals surface area contributed by atoms with Crippen molar-refractivity contribution in [2.45, 2.75) is 32.8 Å². The van der Waals surface area contributed by atoms with Gasteiger partial charge in [-0.15, -0.1) is 0 Å². The second-order valence-electron chi connectivity index (χ2n) is 4.36. The molecule has 6 heteroatoms. The van der Waals surface area contributed by atoms with Gasteiger partial charge in [0.25, 0.3) is 0 Å². The molecule has 1 atom stereocenters. The van der Waals surface area contributed by atoms with Gasteiger partial charge >= 0.3 is 5.97 Å². The minimum absolute atomic E-state index is 0.0427. The van der Waals surface area contributed by atoms with E-state index < -0.39 is 12.1 Å². The van der Waals surface area contributed by atoms with Crippen molar-refractivity contribution in [3.63, 3.8) is 0 Å². The van der Waals surface area contributed by atoms with Gasteiger partial charge in [0.2, 0.25) is 0 Å². The fraction of sp³-hybridized carbons (Fsp3) is 0.538. The first-order chi connectivity index (χ1) is 8.99. The Morgan fingerprint density at radius 1 is 1.42 bits per heavy atom. The summed E-state index contributed by atoms with van der Waals surface area (Å²) in [5.41, 5.74) is 0.0427. The molecule has 0 saturated carbocycles. The van der Waals surface area contributed by atoms with E-state index in [1.54, 1.807) is 0 Å². The maximum absolute atomic E-state index is 11.0. The predicted molar refractivity (Wildman–Crippen MR) is 74.8 cm³/mol. The molecule has 1 aromatic heterocycles. The molecule has 5 nitrogen and oxygen atoms in total. The molecule has 0 amide bonds. The number of aliphatic hydroxyl groups excluding tert-OH is 1. The number of carboxylic acids is 1. The van der Waals surface area contributed by atoms with Crippen LogP contribution in [0, 0.1) is 5.92 Å². The molecule has 0 radical (unpaired) electrons. The number of aliphatic hydroxyl groups is 1. The Labute approximate surface area is 117 Å². The van der Waals surface area contributed by atoms with E-state index in [0.717, 1.165) is 12.8 Å². The Bertz CT molecular complexity index is 436. The summed E-state index contributed by atoms with van der Waals surface area (Å²) in [5, 5.41) is 22.1. The molecule has 0 aliphatic carbocycles. The van der Waals surface area contributed by atoms with Crippen molar-refractivity contribution >= 4 is 23.4 Å². The first kappa shape index (κ1) is 15.7. The second-order valence-corrected chi connectivity index (χ2v) is 4.75. The van der Waals surface area contributed by atoms with Gasteiger partial charge in [-0.25, -0.2) is 9.78 Å². The summed E-state index contributed by atoms with van der Waals surface area (Å²) in [6.45, 7) is 4.27. The molecule has 19 heavy (non-hydrogen) atoms. The summed E-state index contributed by atoms with van der Waals surface area (Å²) >= 11 is 5.75. The predicted octanol–water partition coefficient (Wildman–Crippen LogP) is 2.64. The van der Waals surface area contributed by atoms with Gasteiger partial charge < -0.3 is 15.5 Å². The topological polar surface area (TPSA) is 82.5 Å². The molecule has 1 rings (SSSR count). The molecule has 0 aliphatic heterocycles. The van der Waals surface area contributed by atoms with Crippen molar-refractivity contribution in [2.75, 3.05) is 11.9 Å². The number of hydrogen-bond donors (Lipinski definition) is 3. The highest BCUT2D eigenvalue weighted by Crippen LogP contribution is 2.18. The van der Waals surface area contributed by atoms with E-state index in [0.29, 0.717) is 0 Å². The number of anilines is 1. The van der Waals surface area contributed by atoms with Crippen LogP contribution in [-0.2, 0) is 0 Å². The summed E-state index contributed by atoms with van der Waals surface area (Å²) < 4.78 is 0. The number of nitrogens with zero attached hydrogens (tertiary/aromatic N) is 1. The third-order valence-electron chi connectivity index (χ3n) is 3.16. The first-order valence-corrected chi connectivity index (χ1v) is 6.69. The molecule has 1 unspecified atom stereocenters. The molecule has 3 N–H and O–H groups in total. The third kappa shape index (κ3) is 4.36. The molecule has 0 spiro atoms. The average Bonchev–Trinajstić information content (AvgIpc) is 2.37.